The molecular formula is C13H15N3S. The molecule has 1 aliphatic rings. The maximum absolute atomic E-state index is 4.47. The summed E-state index contributed by atoms with van der Waals surface area (Å²) in [6, 6.07) is 10.6. The van der Waals surface area contributed by atoms with Crippen LogP contribution < -0.4 is 0 Å². The number of imidazole rings is 1. The average molecular weight is 245 g/mol. The van der Waals surface area contributed by atoms with Gasteiger partial charge in [0.15, 0.2) is 0 Å². The van der Waals surface area contributed by atoms with Gasteiger partial charge in [0.2, 0.25) is 0 Å². The molecule has 1 atom stereocenters. The molecule has 0 amide bonds. The van der Waals surface area contributed by atoms with E-state index in [0.29, 0.717) is 0 Å². The van der Waals surface area contributed by atoms with E-state index in [0.717, 1.165) is 22.5 Å². The van der Waals surface area contributed by atoms with Crippen LogP contribution >= 0.6 is 10.0 Å². The largest absolute Gasteiger partial charge is 0.341 e. The zero-order chi connectivity index (χ0) is 11.6. The van der Waals surface area contributed by atoms with Gasteiger partial charge in [0.25, 0.3) is 0 Å². The Kier molecular flexibility index (Phi) is 2.73. The second kappa shape index (κ2) is 4.37. The van der Waals surface area contributed by atoms with E-state index in [1.54, 1.807) is 0 Å². The number of aromatic amines is 1. The third-order valence-corrected chi connectivity index (χ3v) is 6.37. The lowest BCUT2D eigenvalue weighted by Gasteiger charge is -2.31. The molecule has 0 radical (unpaired) electrons. The van der Waals surface area contributed by atoms with Crippen molar-refractivity contribution < 1.29 is 0 Å². The number of aromatic nitrogens is 2. The van der Waals surface area contributed by atoms with Gasteiger partial charge in [0.1, 0.15) is 5.16 Å². The lowest BCUT2D eigenvalue weighted by atomic mass is 10.2. The molecule has 2 heterocycles. The lowest BCUT2D eigenvalue weighted by Crippen LogP contribution is -2.09. The minimum Gasteiger partial charge on any atom is -0.341 e. The number of benzene rings is 1. The van der Waals surface area contributed by atoms with Crippen molar-refractivity contribution in [2.75, 3.05) is 11.6 Å². The Balaban J connectivity index is 1.91. The Morgan fingerprint density at radius 3 is 2.76 bits per heavy atom. The number of rotatable bonds is 3. The maximum Gasteiger partial charge on any atom is 0.149 e. The molecule has 0 spiro atoms. The molecule has 0 bridgehead atoms. The fraction of sp³-hybridized carbons (Fsp3) is 0.231. The third kappa shape index (κ3) is 2.00. The number of H-pyrrole nitrogens is 1. The minimum atomic E-state index is -0.939. The summed E-state index contributed by atoms with van der Waals surface area (Å²) in [4.78, 5) is 12.2. The van der Waals surface area contributed by atoms with Gasteiger partial charge >= 0.3 is 0 Å². The fourth-order valence-corrected chi connectivity index (χ4v) is 5.08. The van der Waals surface area contributed by atoms with Gasteiger partial charge in [-0.2, -0.15) is 10.0 Å². The molecule has 0 saturated heterocycles. The quantitative estimate of drug-likeness (QED) is 0.887. The van der Waals surface area contributed by atoms with E-state index in [2.05, 4.69) is 51.5 Å². The van der Waals surface area contributed by atoms with Gasteiger partial charge in [-0.3, -0.25) is 4.99 Å². The lowest BCUT2D eigenvalue weighted by molar-refractivity contribution is 1.03. The maximum atomic E-state index is 4.47. The van der Waals surface area contributed by atoms with Crippen LogP contribution in [0.25, 0.3) is 0 Å². The zero-order valence-electron chi connectivity index (χ0n) is 9.54. The van der Waals surface area contributed by atoms with E-state index in [1.165, 1.54) is 5.56 Å². The SMILES string of the molecule is C1=NCS(Cc2ccccc2)(c2ncc[nH]2)C1. The first-order chi connectivity index (χ1) is 8.39. The van der Waals surface area contributed by atoms with Crippen LogP contribution in [0.2, 0.25) is 0 Å². The molecule has 2 aromatic rings. The van der Waals surface area contributed by atoms with Crippen molar-refractivity contribution >= 4 is 16.2 Å². The highest BCUT2D eigenvalue weighted by molar-refractivity contribution is 8.33. The Morgan fingerprint density at radius 2 is 2.12 bits per heavy atom. The monoisotopic (exact) mass is 245 g/mol. The highest BCUT2D eigenvalue weighted by atomic mass is 32.3. The van der Waals surface area contributed by atoms with Crippen LogP contribution in [0.4, 0.5) is 0 Å². The van der Waals surface area contributed by atoms with Gasteiger partial charge in [-0.25, -0.2) is 4.98 Å². The molecule has 0 saturated carbocycles. The normalized spacial score (nSPS) is 26.8. The summed E-state index contributed by atoms with van der Waals surface area (Å²) in [5.41, 5.74) is 1.38. The summed E-state index contributed by atoms with van der Waals surface area (Å²) < 4.78 is 0. The van der Waals surface area contributed by atoms with E-state index in [1.807, 2.05) is 12.4 Å². The van der Waals surface area contributed by atoms with Crippen molar-refractivity contribution in [2.24, 2.45) is 4.99 Å². The second-order valence-electron chi connectivity index (χ2n) is 4.23. The molecule has 1 aliphatic heterocycles. The fourth-order valence-electron chi connectivity index (χ4n) is 2.14. The average Bonchev–Trinajstić information content (AvgIpc) is 3.01. The predicted molar refractivity (Wildman–Crippen MR) is 72.8 cm³/mol. The number of hydrogen-bond donors (Lipinski definition) is 1. The van der Waals surface area contributed by atoms with Crippen LogP contribution in [0, 0.1) is 0 Å². The Labute approximate surface area is 102 Å². The van der Waals surface area contributed by atoms with Crippen molar-refractivity contribution in [3.8, 4) is 0 Å². The summed E-state index contributed by atoms with van der Waals surface area (Å²) >= 11 is 0. The van der Waals surface area contributed by atoms with E-state index >= 15 is 0 Å². The van der Waals surface area contributed by atoms with Gasteiger partial charge in [-0.05, 0) is 5.56 Å². The van der Waals surface area contributed by atoms with Crippen molar-refractivity contribution in [1.82, 2.24) is 9.97 Å². The van der Waals surface area contributed by atoms with Gasteiger partial charge in [0, 0.05) is 30.1 Å². The molecule has 17 heavy (non-hydrogen) atoms. The summed E-state index contributed by atoms with van der Waals surface area (Å²) in [6.07, 6.45) is 5.81. The van der Waals surface area contributed by atoms with Crippen LogP contribution in [-0.2, 0) is 5.75 Å². The number of nitrogens with one attached hydrogen (secondary N) is 1. The van der Waals surface area contributed by atoms with Gasteiger partial charge in [-0.1, -0.05) is 30.3 Å². The smallest absolute Gasteiger partial charge is 0.149 e. The topological polar surface area (TPSA) is 41.0 Å². The van der Waals surface area contributed by atoms with Crippen LogP contribution in [-0.4, -0.2) is 27.8 Å². The van der Waals surface area contributed by atoms with Crippen molar-refractivity contribution in [3.05, 3.63) is 48.3 Å². The van der Waals surface area contributed by atoms with Gasteiger partial charge in [-0.15, -0.1) is 0 Å². The Bertz CT molecular complexity index is 497. The highest BCUT2D eigenvalue weighted by Crippen LogP contribution is 2.57. The predicted octanol–water partition coefficient (Wildman–Crippen LogP) is 2.82. The molecule has 3 rings (SSSR count). The molecule has 1 unspecified atom stereocenters. The number of aliphatic imine (C=N–C) groups is 1. The van der Waals surface area contributed by atoms with Gasteiger partial charge in [0.05, 0.1) is 5.88 Å². The summed E-state index contributed by atoms with van der Waals surface area (Å²) in [7, 11) is -0.939. The van der Waals surface area contributed by atoms with Crippen LogP contribution in [0.3, 0.4) is 0 Å². The van der Waals surface area contributed by atoms with Crippen LogP contribution in [0.15, 0.2) is 52.9 Å². The molecule has 1 aromatic carbocycles. The van der Waals surface area contributed by atoms with Crippen molar-refractivity contribution in [1.29, 1.82) is 0 Å². The summed E-state index contributed by atoms with van der Waals surface area (Å²) in [6.45, 7) is 0. The summed E-state index contributed by atoms with van der Waals surface area (Å²) in [5.74, 6) is 3.03. The van der Waals surface area contributed by atoms with E-state index in [-0.39, 0.29) is 0 Å². The summed E-state index contributed by atoms with van der Waals surface area (Å²) in [5, 5.41) is 1.14. The first-order valence-electron chi connectivity index (χ1n) is 5.67. The molecule has 88 valence electrons. The molecule has 0 aliphatic carbocycles. The number of nitrogens with zero attached hydrogens (tertiary/aromatic N) is 2. The minimum absolute atomic E-state index is 0.912. The zero-order valence-corrected chi connectivity index (χ0v) is 10.4. The van der Waals surface area contributed by atoms with Gasteiger partial charge < -0.3 is 4.98 Å². The molecular weight excluding hydrogens is 230 g/mol. The van der Waals surface area contributed by atoms with Crippen LogP contribution in [0.1, 0.15) is 5.56 Å². The standard InChI is InChI=1S/C13H15N3S/c1-2-4-12(5-3-1)10-17(9-8-14-11-17)13-15-6-7-16-13/h1-8H,9-11H2,(H,15,16). The first-order valence-corrected chi connectivity index (χ1v) is 7.81. The van der Waals surface area contributed by atoms with E-state index in [4.69, 9.17) is 0 Å². The Morgan fingerprint density at radius 1 is 1.24 bits per heavy atom. The van der Waals surface area contributed by atoms with Crippen LogP contribution in [0.5, 0.6) is 0 Å². The van der Waals surface area contributed by atoms with Crippen molar-refractivity contribution in [3.63, 3.8) is 0 Å². The highest BCUT2D eigenvalue weighted by Gasteiger charge is 2.30. The molecule has 4 heteroatoms. The van der Waals surface area contributed by atoms with E-state index in [9.17, 15) is 0 Å². The second-order valence-corrected chi connectivity index (χ2v) is 7.59. The molecule has 1 aromatic heterocycles. The molecule has 3 nitrogen and oxygen atoms in total. The molecule has 0 fully saturated rings. The molecule has 1 N–H and O–H groups in total. The Hall–Kier alpha value is -1.55. The number of hydrogen-bond acceptors (Lipinski definition) is 2. The first kappa shape index (κ1) is 10.6. The third-order valence-electron chi connectivity index (χ3n) is 3.01. The van der Waals surface area contributed by atoms with Crippen molar-refractivity contribution in [2.45, 2.75) is 10.9 Å². The van der Waals surface area contributed by atoms with E-state index < -0.39 is 10.0 Å².